The molecule has 0 fully saturated rings. The van der Waals surface area contributed by atoms with E-state index in [1.54, 1.807) is 5.51 Å². The highest BCUT2D eigenvalue weighted by Gasteiger charge is 2.09. The third kappa shape index (κ3) is 1.80. The highest BCUT2D eigenvalue weighted by atomic mass is 32.1. The first-order valence-electron chi connectivity index (χ1n) is 5.47. The second-order valence-electron chi connectivity index (χ2n) is 3.98. The number of nitrogens with zero attached hydrogens (tertiary/aromatic N) is 4. The maximum Gasteiger partial charge on any atom is 0.297 e. The number of hydrogen-bond acceptors (Lipinski definition) is 5. The van der Waals surface area contributed by atoms with Gasteiger partial charge in [-0.2, -0.15) is 0 Å². The Hall–Kier alpha value is -2.08. The summed E-state index contributed by atoms with van der Waals surface area (Å²) in [7, 11) is 0. The standard InChI is InChI=1S/C12H10N4OS/c1-8-4-2-3-5-9(8)6-16-12(17)10-11(14-15-16)18-7-13-10/h2-5,7H,6H2,1H3. The number of aromatic nitrogens is 4. The predicted molar refractivity (Wildman–Crippen MR) is 69.8 cm³/mol. The molecule has 0 aliphatic carbocycles. The molecule has 0 radical (unpaired) electrons. The van der Waals surface area contributed by atoms with Gasteiger partial charge in [0.05, 0.1) is 12.1 Å². The van der Waals surface area contributed by atoms with Crippen molar-refractivity contribution < 1.29 is 0 Å². The summed E-state index contributed by atoms with van der Waals surface area (Å²) in [5, 5.41) is 7.94. The van der Waals surface area contributed by atoms with E-state index in [2.05, 4.69) is 15.3 Å². The normalized spacial score (nSPS) is 10.9. The molecule has 2 aromatic heterocycles. The first-order chi connectivity index (χ1) is 8.75. The van der Waals surface area contributed by atoms with Gasteiger partial charge >= 0.3 is 0 Å². The molecule has 6 heteroatoms. The minimum atomic E-state index is -0.190. The van der Waals surface area contributed by atoms with E-state index in [0.717, 1.165) is 11.1 Å². The lowest BCUT2D eigenvalue weighted by Crippen LogP contribution is -2.25. The van der Waals surface area contributed by atoms with E-state index in [1.165, 1.54) is 16.0 Å². The van der Waals surface area contributed by atoms with Gasteiger partial charge in [0, 0.05) is 0 Å². The smallest absolute Gasteiger partial charge is 0.265 e. The largest absolute Gasteiger partial charge is 0.297 e. The average molecular weight is 258 g/mol. The summed E-state index contributed by atoms with van der Waals surface area (Å²) < 4.78 is 1.35. The zero-order valence-electron chi connectivity index (χ0n) is 9.70. The van der Waals surface area contributed by atoms with Crippen LogP contribution >= 0.6 is 11.3 Å². The van der Waals surface area contributed by atoms with E-state index >= 15 is 0 Å². The van der Waals surface area contributed by atoms with E-state index in [1.807, 2.05) is 31.2 Å². The van der Waals surface area contributed by atoms with Crippen molar-refractivity contribution in [3.8, 4) is 0 Å². The molecular formula is C12H10N4OS. The summed E-state index contributed by atoms with van der Waals surface area (Å²) >= 11 is 1.32. The average Bonchev–Trinajstić information content (AvgIpc) is 2.84. The molecule has 0 N–H and O–H groups in total. The summed E-state index contributed by atoms with van der Waals surface area (Å²) in [6, 6.07) is 7.91. The minimum absolute atomic E-state index is 0.190. The third-order valence-corrected chi connectivity index (χ3v) is 3.52. The molecule has 0 bridgehead atoms. The molecule has 18 heavy (non-hydrogen) atoms. The van der Waals surface area contributed by atoms with Crippen molar-refractivity contribution in [2.24, 2.45) is 0 Å². The number of benzene rings is 1. The van der Waals surface area contributed by atoms with Gasteiger partial charge in [0.2, 0.25) is 0 Å². The number of hydrogen-bond donors (Lipinski definition) is 0. The molecule has 0 spiro atoms. The monoisotopic (exact) mass is 258 g/mol. The van der Waals surface area contributed by atoms with Crippen LogP contribution in [0.15, 0.2) is 34.6 Å². The summed E-state index contributed by atoms with van der Waals surface area (Å²) in [5.41, 5.74) is 4.00. The van der Waals surface area contributed by atoms with Gasteiger partial charge in [0.1, 0.15) is 0 Å². The zero-order chi connectivity index (χ0) is 12.5. The van der Waals surface area contributed by atoms with Crippen LogP contribution in [-0.4, -0.2) is 20.0 Å². The predicted octanol–water partition coefficient (Wildman–Crippen LogP) is 1.60. The highest BCUT2D eigenvalue weighted by molar-refractivity contribution is 7.16. The highest BCUT2D eigenvalue weighted by Crippen LogP contribution is 2.10. The zero-order valence-corrected chi connectivity index (χ0v) is 10.5. The number of aryl methyl sites for hydroxylation is 1. The Labute approximate surface area is 107 Å². The van der Waals surface area contributed by atoms with Gasteiger partial charge < -0.3 is 0 Å². The van der Waals surface area contributed by atoms with Gasteiger partial charge in [-0.05, 0) is 18.1 Å². The van der Waals surface area contributed by atoms with Gasteiger partial charge in [-0.15, -0.1) is 16.4 Å². The summed E-state index contributed by atoms with van der Waals surface area (Å²) in [6.45, 7) is 2.43. The first kappa shape index (κ1) is 11.0. The molecule has 0 amide bonds. The SMILES string of the molecule is Cc1ccccc1Cn1nnc2scnc2c1=O. The Morgan fingerprint density at radius 2 is 2.17 bits per heavy atom. The van der Waals surface area contributed by atoms with Crippen LogP contribution in [-0.2, 0) is 6.54 Å². The molecule has 0 saturated heterocycles. The van der Waals surface area contributed by atoms with Crippen LogP contribution in [0.4, 0.5) is 0 Å². The van der Waals surface area contributed by atoms with E-state index in [9.17, 15) is 4.79 Å². The van der Waals surface area contributed by atoms with E-state index in [0.29, 0.717) is 16.9 Å². The molecule has 0 unspecified atom stereocenters. The lowest BCUT2D eigenvalue weighted by Gasteiger charge is -2.05. The van der Waals surface area contributed by atoms with Crippen molar-refractivity contribution in [1.29, 1.82) is 0 Å². The Bertz CT molecular complexity index is 762. The lowest BCUT2D eigenvalue weighted by molar-refractivity contribution is 0.599. The molecule has 0 aliphatic heterocycles. The van der Waals surface area contributed by atoms with Crippen molar-refractivity contribution in [1.82, 2.24) is 20.0 Å². The Morgan fingerprint density at radius 3 is 3.00 bits per heavy atom. The molecule has 5 nitrogen and oxygen atoms in total. The van der Waals surface area contributed by atoms with Crippen molar-refractivity contribution in [2.45, 2.75) is 13.5 Å². The van der Waals surface area contributed by atoms with Crippen molar-refractivity contribution in [2.75, 3.05) is 0 Å². The van der Waals surface area contributed by atoms with Crippen molar-refractivity contribution >= 4 is 21.7 Å². The fourth-order valence-corrected chi connectivity index (χ4v) is 2.36. The second-order valence-corrected chi connectivity index (χ2v) is 4.82. The molecule has 0 atom stereocenters. The molecular weight excluding hydrogens is 248 g/mol. The number of thiazole rings is 1. The van der Waals surface area contributed by atoms with Crippen LogP contribution in [0.3, 0.4) is 0 Å². The minimum Gasteiger partial charge on any atom is -0.265 e. The number of fused-ring (bicyclic) bond motifs is 1. The third-order valence-electron chi connectivity index (χ3n) is 2.81. The van der Waals surface area contributed by atoms with E-state index in [4.69, 9.17) is 0 Å². The van der Waals surface area contributed by atoms with E-state index in [-0.39, 0.29) is 5.56 Å². The maximum absolute atomic E-state index is 12.1. The van der Waals surface area contributed by atoms with Crippen molar-refractivity contribution in [3.05, 3.63) is 51.3 Å². The molecule has 90 valence electrons. The van der Waals surface area contributed by atoms with Gasteiger partial charge in [-0.1, -0.05) is 29.5 Å². The molecule has 2 heterocycles. The van der Waals surface area contributed by atoms with Crippen molar-refractivity contribution in [3.63, 3.8) is 0 Å². The molecule has 0 saturated carbocycles. The van der Waals surface area contributed by atoms with Gasteiger partial charge in [-0.3, -0.25) is 4.79 Å². The van der Waals surface area contributed by atoms with Crippen LogP contribution < -0.4 is 5.56 Å². The van der Waals surface area contributed by atoms with Crippen LogP contribution in [0.2, 0.25) is 0 Å². The first-order valence-corrected chi connectivity index (χ1v) is 6.35. The molecule has 1 aromatic carbocycles. The van der Waals surface area contributed by atoms with Crippen LogP contribution in [0.25, 0.3) is 10.3 Å². The van der Waals surface area contributed by atoms with Crippen LogP contribution in [0.5, 0.6) is 0 Å². The van der Waals surface area contributed by atoms with Crippen LogP contribution in [0.1, 0.15) is 11.1 Å². The summed E-state index contributed by atoms with van der Waals surface area (Å²) in [4.78, 5) is 16.7. The number of rotatable bonds is 2. The van der Waals surface area contributed by atoms with E-state index < -0.39 is 0 Å². The fourth-order valence-electron chi connectivity index (χ4n) is 1.77. The molecule has 3 rings (SSSR count). The van der Waals surface area contributed by atoms with Gasteiger partial charge in [0.15, 0.2) is 10.3 Å². The Morgan fingerprint density at radius 1 is 1.33 bits per heavy atom. The quantitative estimate of drug-likeness (QED) is 0.700. The maximum atomic E-state index is 12.1. The lowest BCUT2D eigenvalue weighted by atomic mass is 10.1. The molecule has 0 aliphatic rings. The summed E-state index contributed by atoms with van der Waals surface area (Å²) in [6.07, 6.45) is 0. The Balaban J connectivity index is 2.08. The van der Waals surface area contributed by atoms with Gasteiger partial charge in [-0.25, -0.2) is 9.67 Å². The molecule has 3 aromatic rings. The second kappa shape index (κ2) is 4.30. The Kier molecular flexibility index (Phi) is 2.64. The summed E-state index contributed by atoms with van der Waals surface area (Å²) in [5.74, 6) is 0. The van der Waals surface area contributed by atoms with Gasteiger partial charge in [0.25, 0.3) is 5.56 Å². The fraction of sp³-hybridized carbons (Fsp3) is 0.167. The topological polar surface area (TPSA) is 60.7 Å². The van der Waals surface area contributed by atoms with Crippen LogP contribution in [0, 0.1) is 6.92 Å².